The number of nitrogens with zero attached hydrogens (tertiary/aromatic N) is 2. The van der Waals surface area contributed by atoms with Gasteiger partial charge in [0.2, 0.25) is 0 Å². The molecule has 1 N–H and O–H groups in total. The van der Waals surface area contributed by atoms with Crippen LogP contribution in [-0.2, 0) is 17.9 Å². The van der Waals surface area contributed by atoms with Crippen LogP contribution in [0.15, 0.2) is 83.0 Å². The van der Waals surface area contributed by atoms with Gasteiger partial charge in [0, 0.05) is 15.6 Å². The van der Waals surface area contributed by atoms with Crippen molar-refractivity contribution >= 4 is 33.9 Å². The number of benzene rings is 3. The highest BCUT2D eigenvalue weighted by Gasteiger charge is 2.33. The lowest BCUT2D eigenvalue weighted by atomic mass is 10.1. The molecule has 0 atom stereocenters. The molecule has 7 heteroatoms. The number of hydrogen-bond acceptors (Lipinski definition) is 4. The first kappa shape index (κ1) is 21.3. The summed E-state index contributed by atoms with van der Waals surface area (Å²) in [4.78, 5) is 26.4. The van der Waals surface area contributed by atoms with Crippen LogP contribution in [0.25, 0.3) is 6.08 Å². The number of nitrogens with one attached hydrogen (secondary N) is 1. The summed E-state index contributed by atoms with van der Waals surface area (Å²) in [5.41, 5.74) is 2.99. The third-order valence-corrected chi connectivity index (χ3v) is 5.48. The Kier molecular flexibility index (Phi) is 6.34. The van der Waals surface area contributed by atoms with Crippen LogP contribution in [0.3, 0.4) is 0 Å². The number of urea groups is 1. The van der Waals surface area contributed by atoms with E-state index in [0.717, 1.165) is 15.6 Å². The standard InChI is InChI=1S/C25H18BrN3O3/c26-21-11-9-17(10-12-21)15-29-24(30)22(28-25(29)31)13-18-5-3-4-8-23(18)32-16-20-7-2-1-6-19(20)14-27/h1-13H,15-16H2,(H,28,31)/b22-13+. The summed E-state index contributed by atoms with van der Waals surface area (Å²) in [6.07, 6.45) is 1.60. The maximum absolute atomic E-state index is 12.9. The van der Waals surface area contributed by atoms with Crippen molar-refractivity contribution in [1.29, 1.82) is 5.26 Å². The fourth-order valence-electron chi connectivity index (χ4n) is 3.29. The van der Waals surface area contributed by atoms with E-state index < -0.39 is 11.9 Å². The summed E-state index contributed by atoms with van der Waals surface area (Å²) in [6.45, 7) is 0.387. The van der Waals surface area contributed by atoms with Gasteiger partial charge in [-0.05, 0) is 35.9 Å². The maximum Gasteiger partial charge on any atom is 0.329 e. The lowest BCUT2D eigenvalue weighted by Gasteiger charge is -2.12. The van der Waals surface area contributed by atoms with Crippen LogP contribution < -0.4 is 10.1 Å². The topological polar surface area (TPSA) is 82.4 Å². The molecule has 0 aromatic heterocycles. The van der Waals surface area contributed by atoms with Gasteiger partial charge in [-0.1, -0.05) is 64.5 Å². The van der Waals surface area contributed by atoms with E-state index in [4.69, 9.17) is 4.74 Å². The Labute approximate surface area is 193 Å². The third-order valence-electron chi connectivity index (χ3n) is 4.96. The van der Waals surface area contributed by atoms with E-state index in [-0.39, 0.29) is 18.8 Å². The molecular weight excluding hydrogens is 470 g/mol. The number of imide groups is 1. The van der Waals surface area contributed by atoms with Gasteiger partial charge in [0.15, 0.2) is 0 Å². The van der Waals surface area contributed by atoms with E-state index in [9.17, 15) is 14.9 Å². The number of halogens is 1. The molecule has 3 aromatic carbocycles. The molecule has 0 saturated carbocycles. The van der Waals surface area contributed by atoms with Gasteiger partial charge in [-0.25, -0.2) is 4.79 Å². The predicted molar refractivity (Wildman–Crippen MR) is 123 cm³/mol. The lowest BCUT2D eigenvalue weighted by molar-refractivity contribution is -0.123. The monoisotopic (exact) mass is 487 g/mol. The Bertz CT molecular complexity index is 1250. The van der Waals surface area contributed by atoms with Crippen LogP contribution in [0.4, 0.5) is 4.79 Å². The van der Waals surface area contributed by atoms with E-state index in [1.54, 1.807) is 30.3 Å². The van der Waals surface area contributed by atoms with Crippen LogP contribution in [-0.4, -0.2) is 16.8 Å². The van der Waals surface area contributed by atoms with E-state index in [0.29, 0.717) is 16.9 Å². The van der Waals surface area contributed by atoms with Crippen molar-refractivity contribution in [3.8, 4) is 11.8 Å². The first-order valence-corrected chi connectivity index (χ1v) is 10.6. The highest BCUT2D eigenvalue weighted by molar-refractivity contribution is 9.10. The van der Waals surface area contributed by atoms with Crippen LogP contribution in [0.1, 0.15) is 22.3 Å². The van der Waals surface area contributed by atoms with Gasteiger partial charge in [0.1, 0.15) is 18.1 Å². The molecule has 1 fully saturated rings. The first-order chi connectivity index (χ1) is 15.5. The molecule has 1 saturated heterocycles. The first-order valence-electron chi connectivity index (χ1n) is 9.84. The van der Waals surface area contributed by atoms with Gasteiger partial charge in [0.25, 0.3) is 5.91 Å². The van der Waals surface area contributed by atoms with Crippen molar-refractivity contribution in [2.45, 2.75) is 13.2 Å². The maximum atomic E-state index is 12.9. The molecule has 3 amide bonds. The Morgan fingerprint density at radius 1 is 1.00 bits per heavy atom. The van der Waals surface area contributed by atoms with Gasteiger partial charge < -0.3 is 10.1 Å². The summed E-state index contributed by atoms with van der Waals surface area (Å²) < 4.78 is 6.86. The Morgan fingerprint density at radius 3 is 2.50 bits per heavy atom. The molecule has 158 valence electrons. The van der Waals surface area contributed by atoms with Crippen LogP contribution >= 0.6 is 15.9 Å². The number of carbonyl (C=O) groups excluding carboxylic acids is 2. The van der Waals surface area contributed by atoms with Crippen molar-refractivity contribution in [2.75, 3.05) is 0 Å². The number of hydrogen-bond donors (Lipinski definition) is 1. The second-order valence-corrected chi connectivity index (χ2v) is 8.02. The molecule has 0 radical (unpaired) electrons. The molecule has 1 aliphatic rings. The second-order valence-electron chi connectivity index (χ2n) is 7.10. The third kappa shape index (κ3) is 4.71. The fourth-order valence-corrected chi connectivity index (χ4v) is 3.55. The number of carbonyl (C=O) groups is 2. The Morgan fingerprint density at radius 2 is 1.72 bits per heavy atom. The van der Waals surface area contributed by atoms with Gasteiger partial charge in [0.05, 0.1) is 18.2 Å². The van der Waals surface area contributed by atoms with E-state index in [2.05, 4.69) is 27.3 Å². The predicted octanol–water partition coefficient (Wildman–Crippen LogP) is 4.99. The SMILES string of the molecule is N#Cc1ccccc1COc1ccccc1/C=C1/NC(=O)N(Cc2ccc(Br)cc2)C1=O. The molecule has 3 aromatic rings. The summed E-state index contributed by atoms with van der Waals surface area (Å²) in [5, 5.41) is 11.9. The highest BCUT2D eigenvalue weighted by Crippen LogP contribution is 2.25. The fraction of sp³-hybridized carbons (Fsp3) is 0.0800. The Balaban J connectivity index is 1.52. The van der Waals surface area contributed by atoms with Gasteiger partial charge in [-0.15, -0.1) is 0 Å². The minimum Gasteiger partial charge on any atom is -0.488 e. The zero-order chi connectivity index (χ0) is 22.5. The summed E-state index contributed by atoms with van der Waals surface area (Å²) >= 11 is 3.37. The normalized spacial score (nSPS) is 14.4. The number of rotatable bonds is 6. The molecule has 0 aliphatic carbocycles. The molecule has 32 heavy (non-hydrogen) atoms. The average Bonchev–Trinajstić information content (AvgIpc) is 3.07. The number of para-hydroxylation sites is 1. The lowest BCUT2D eigenvalue weighted by Crippen LogP contribution is -2.30. The molecule has 6 nitrogen and oxygen atoms in total. The molecule has 0 unspecified atom stereocenters. The van der Waals surface area contributed by atoms with Crippen LogP contribution in [0.5, 0.6) is 5.75 Å². The molecule has 0 spiro atoms. The van der Waals surface area contributed by atoms with Crippen LogP contribution in [0, 0.1) is 11.3 Å². The van der Waals surface area contributed by atoms with Crippen molar-refractivity contribution in [3.63, 3.8) is 0 Å². The molecule has 1 aliphatic heterocycles. The van der Waals surface area contributed by atoms with Gasteiger partial charge >= 0.3 is 6.03 Å². The zero-order valence-electron chi connectivity index (χ0n) is 16.9. The number of nitriles is 1. The summed E-state index contributed by atoms with van der Waals surface area (Å²) in [6, 6.07) is 23.6. The van der Waals surface area contributed by atoms with Crippen molar-refractivity contribution in [3.05, 3.63) is 105 Å². The van der Waals surface area contributed by atoms with Crippen molar-refractivity contribution < 1.29 is 14.3 Å². The number of amides is 3. The molecule has 0 bridgehead atoms. The largest absolute Gasteiger partial charge is 0.488 e. The number of ether oxygens (including phenoxy) is 1. The summed E-state index contributed by atoms with van der Waals surface area (Å²) in [5.74, 6) is 0.142. The minimum absolute atomic E-state index is 0.179. The second kappa shape index (κ2) is 9.50. The van der Waals surface area contributed by atoms with Gasteiger partial charge in [-0.3, -0.25) is 9.69 Å². The molecule has 4 rings (SSSR count). The zero-order valence-corrected chi connectivity index (χ0v) is 18.5. The van der Waals surface area contributed by atoms with E-state index >= 15 is 0 Å². The summed E-state index contributed by atoms with van der Waals surface area (Å²) in [7, 11) is 0. The van der Waals surface area contributed by atoms with E-state index in [1.165, 1.54) is 4.90 Å². The van der Waals surface area contributed by atoms with Crippen molar-refractivity contribution in [2.24, 2.45) is 0 Å². The van der Waals surface area contributed by atoms with E-state index in [1.807, 2.05) is 48.5 Å². The average molecular weight is 488 g/mol. The van der Waals surface area contributed by atoms with Crippen molar-refractivity contribution in [1.82, 2.24) is 10.2 Å². The smallest absolute Gasteiger partial charge is 0.329 e. The molecular formula is C25H18BrN3O3. The quantitative estimate of drug-likeness (QED) is 0.392. The Hall–Kier alpha value is -3.89. The van der Waals surface area contributed by atoms with Gasteiger partial charge in [-0.2, -0.15) is 5.26 Å². The minimum atomic E-state index is -0.467. The van der Waals surface area contributed by atoms with Crippen LogP contribution in [0.2, 0.25) is 0 Å². The molecule has 1 heterocycles. The highest BCUT2D eigenvalue weighted by atomic mass is 79.9.